The second-order valence-corrected chi connectivity index (χ2v) is 4.50. The Morgan fingerprint density at radius 2 is 2.00 bits per heavy atom. The van der Waals surface area contributed by atoms with Crippen LogP contribution in [0.25, 0.3) is 0 Å². The molecule has 2 nitrogen and oxygen atoms in total. The maximum absolute atomic E-state index is 11.3. The number of ketones is 1. The maximum Gasteiger partial charge on any atom is 0.146 e. The summed E-state index contributed by atoms with van der Waals surface area (Å²) in [4.78, 5) is 13.7. The van der Waals surface area contributed by atoms with Crippen molar-refractivity contribution in [3.05, 3.63) is 0 Å². The molecular weight excluding hydrogens is 162 g/mol. The number of hydrogen-bond acceptors (Lipinski definition) is 2. The molecule has 2 aliphatic heterocycles. The summed E-state index contributed by atoms with van der Waals surface area (Å²) in [6, 6.07) is 0.737. The van der Waals surface area contributed by atoms with Gasteiger partial charge >= 0.3 is 0 Å². The fourth-order valence-electron chi connectivity index (χ4n) is 2.71. The second kappa shape index (κ2) is 3.79. The van der Waals surface area contributed by atoms with Gasteiger partial charge in [-0.25, -0.2) is 0 Å². The number of fused-ring (bicyclic) bond motifs is 3. The molecule has 0 spiro atoms. The van der Waals surface area contributed by atoms with Gasteiger partial charge in [-0.05, 0) is 31.6 Å². The second-order valence-electron chi connectivity index (χ2n) is 4.50. The maximum atomic E-state index is 11.3. The molecule has 74 valence electrons. The molecule has 2 bridgehead atoms. The van der Waals surface area contributed by atoms with Gasteiger partial charge in [-0.1, -0.05) is 6.92 Å². The zero-order chi connectivity index (χ0) is 9.26. The summed E-state index contributed by atoms with van der Waals surface area (Å²) in [5, 5.41) is 0. The Morgan fingerprint density at radius 3 is 2.46 bits per heavy atom. The van der Waals surface area contributed by atoms with Crippen LogP contribution in [0.5, 0.6) is 0 Å². The number of nitrogens with zero attached hydrogens (tertiary/aromatic N) is 1. The van der Waals surface area contributed by atoms with Crippen LogP contribution < -0.4 is 0 Å². The summed E-state index contributed by atoms with van der Waals surface area (Å²) in [6.45, 7) is 3.87. The first-order valence-corrected chi connectivity index (χ1v) is 5.55. The zero-order valence-electron chi connectivity index (χ0n) is 8.46. The molecule has 0 unspecified atom stereocenters. The lowest BCUT2D eigenvalue weighted by molar-refractivity contribution is -0.121. The van der Waals surface area contributed by atoms with Gasteiger partial charge in [0.25, 0.3) is 0 Å². The van der Waals surface area contributed by atoms with E-state index < -0.39 is 0 Å². The third kappa shape index (κ3) is 1.93. The van der Waals surface area contributed by atoms with Crippen LogP contribution in [0, 0.1) is 5.92 Å². The van der Waals surface area contributed by atoms with E-state index >= 15 is 0 Å². The van der Waals surface area contributed by atoms with Crippen molar-refractivity contribution in [3.8, 4) is 0 Å². The molecule has 2 heteroatoms. The monoisotopic (exact) mass is 181 g/mol. The van der Waals surface area contributed by atoms with Gasteiger partial charge in [0.2, 0.25) is 0 Å². The number of carbonyl (C=O) groups excluding carboxylic acids is 1. The molecule has 0 aromatic heterocycles. The van der Waals surface area contributed by atoms with E-state index in [-0.39, 0.29) is 0 Å². The molecule has 0 N–H and O–H groups in total. The van der Waals surface area contributed by atoms with Crippen LogP contribution in [-0.2, 0) is 4.79 Å². The van der Waals surface area contributed by atoms with Gasteiger partial charge in [-0.2, -0.15) is 0 Å². The van der Waals surface area contributed by atoms with Crippen molar-refractivity contribution in [2.45, 2.75) is 45.1 Å². The van der Waals surface area contributed by atoms with Gasteiger partial charge < -0.3 is 0 Å². The Hall–Kier alpha value is -0.370. The lowest BCUT2D eigenvalue weighted by Crippen LogP contribution is -2.49. The summed E-state index contributed by atoms with van der Waals surface area (Å²) >= 11 is 0. The van der Waals surface area contributed by atoms with Crippen LogP contribution in [0.4, 0.5) is 0 Å². The molecule has 0 aromatic carbocycles. The molecule has 0 atom stereocenters. The summed E-state index contributed by atoms with van der Waals surface area (Å²) in [5.41, 5.74) is 0. The van der Waals surface area contributed by atoms with E-state index in [1.54, 1.807) is 0 Å². The Bertz CT molecular complexity index is 194. The minimum absolute atomic E-state index is 0.410. The Kier molecular flexibility index (Phi) is 2.68. The number of rotatable bonds is 3. The molecule has 0 aromatic rings. The van der Waals surface area contributed by atoms with Crippen molar-refractivity contribution >= 4 is 5.78 Å². The molecule has 13 heavy (non-hydrogen) atoms. The molecule has 2 heterocycles. The molecule has 1 aliphatic carbocycles. The first-order valence-electron chi connectivity index (χ1n) is 5.55. The van der Waals surface area contributed by atoms with Gasteiger partial charge in [-0.15, -0.1) is 0 Å². The fraction of sp³-hybridized carbons (Fsp3) is 0.909. The number of hydrogen-bond donors (Lipinski definition) is 0. The van der Waals surface area contributed by atoms with Crippen LogP contribution in [0.2, 0.25) is 0 Å². The predicted molar refractivity (Wildman–Crippen MR) is 52.6 cm³/mol. The topological polar surface area (TPSA) is 20.3 Å². The van der Waals surface area contributed by atoms with Crippen molar-refractivity contribution in [1.29, 1.82) is 0 Å². The number of carbonyl (C=O) groups is 1. The first kappa shape index (κ1) is 9.20. The Morgan fingerprint density at radius 1 is 1.31 bits per heavy atom. The normalized spacial score (nSPS) is 33.6. The highest BCUT2D eigenvalue weighted by atomic mass is 16.1. The number of piperidine rings is 2. The fourth-order valence-corrected chi connectivity index (χ4v) is 2.71. The van der Waals surface area contributed by atoms with Crippen molar-refractivity contribution < 1.29 is 4.79 Å². The van der Waals surface area contributed by atoms with Gasteiger partial charge in [0.15, 0.2) is 0 Å². The third-order valence-corrected chi connectivity index (χ3v) is 3.60. The van der Waals surface area contributed by atoms with E-state index in [0.717, 1.165) is 18.5 Å². The number of Topliss-reactive ketones (excluding diaryl/α,β-unsaturated/α-hetero) is 1. The minimum atomic E-state index is 0.410. The Balaban J connectivity index is 1.90. The summed E-state index contributed by atoms with van der Waals surface area (Å²) in [6.07, 6.45) is 6.18. The standard InChI is InChI=1S/C11H19NO/c1-2-11(13)8-12-7-9-3-5-10(12)6-4-9/h9-10H,2-8H2,1H3. The summed E-state index contributed by atoms with van der Waals surface area (Å²) in [5.74, 6) is 1.31. The third-order valence-electron chi connectivity index (χ3n) is 3.60. The summed E-state index contributed by atoms with van der Waals surface area (Å²) in [7, 11) is 0. The van der Waals surface area contributed by atoms with E-state index in [1.165, 1.54) is 32.2 Å². The SMILES string of the molecule is CCC(=O)CN1CC2CCC1CC2. The molecular formula is C11H19NO. The van der Waals surface area contributed by atoms with E-state index in [0.29, 0.717) is 12.2 Å². The van der Waals surface area contributed by atoms with E-state index in [2.05, 4.69) is 4.90 Å². The summed E-state index contributed by atoms with van der Waals surface area (Å²) < 4.78 is 0. The molecule has 0 radical (unpaired) electrons. The Labute approximate surface area is 80.3 Å². The van der Waals surface area contributed by atoms with Crippen LogP contribution >= 0.6 is 0 Å². The van der Waals surface area contributed by atoms with Crippen molar-refractivity contribution in [2.75, 3.05) is 13.1 Å². The highest BCUT2D eigenvalue weighted by Gasteiger charge is 2.33. The van der Waals surface area contributed by atoms with Crippen molar-refractivity contribution in [2.24, 2.45) is 5.92 Å². The molecule has 3 aliphatic rings. The van der Waals surface area contributed by atoms with E-state index in [9.17, 15) is 4.79 Å². The smallest absolute Gasteiger partial charge is 0.146 e. The largest absolute Gasteiger partial charge is 0.298 e. The van der Waals surface area contributed by atoms with Crippen LogP contribution in [0.15, 0.2) is 0 Å². The van der Waals surface area contributed by atoms with Gasteiger partial charge in [-0.3, -0.25) is 9.69 Å². The average Bonchev–Trinajstić information content (AvgIpc) is 2.19. The van der Waals surface area contributed by atoms with Crippen LogP contribution in [0.1, 0.15) is 39.0 Å². The molecule has 0 amide bonds. The minimum Gasteiger partial charge on any atom is -0.298 e. The van der Waals surface area contributed by atoms with Crippen LogP contribution in [-0.4, -0.2) is 29.8 Å². The van der Waals surface area contributed by atoms with Gasteiger partial charge in [0, 0.05) is 19.0 Å². The zero-order valence-corrected chi connectivity index (χ0v) is 8.46. The van der Waals surface area contributed by atoms with E-state index in [1.807, 2.05) is 6.92 Å². The highest BCUT2D eigenvalue weighted by molar-refractivity contribution is 5.80. The van der Waals surface area contributed by atoms with Crippen molar-refractivity contribution in [3.63, 3.8) is 0 Å². The first-order chi connectivity index (χ1) is 6.29. The lowest BCUT2D eigenvalue weighted by atomic mass is 9.80. The average molecular weight is 181 g/mol. The molecule has 3 fully saturated rings. The predicted octanol–water partition coefficient (Wildman–Crippen LogP) is 1.84. The van der Waals surface area contributed by atoms with Gasteiger partial charge in [0.05, 0.1) is 6.54 Å². The molecule has 2 saturated heterocycles. The van der Waals surface area contributed by atoms with Gasteiger partial charge in [0.1, 0.15) is 5.78 Å². The van der Waals surface area contributed by atoms with E-state index in [4.69, 9.17) is 0 Å². The van der Waals surface area contributed by atoms with Crippen LogP contribution in [0.3, 0.4) is 0 Å². The molecule has 3 rings (SSSR count). The quantitative estimate of drug-likeness (QED) is 0.662. The van der Waals surface area contributed by atoms with Crippen molar-refractivity contribution in [1.82, 2.24) is 4.90 Å². The highest BCUT2D eigenvalue weighted by Crippen LogP contribution is 2.34. The lowest BCUT2D eigenvalue weighted by Gasteiger charge is -2.45. The molecule has 1 saturated carbocycles.